The Bertz CT molecular complexity index is 615. The molecular formula is C24H38O3. The Kier molecular flexibility index (Phi) is 4.75. The van der Waals surface area contributed by atoms with Gasteiger partial charge in [-0.1, -0.05) is 33.6 Å². The SMILES string of the molecule is CC1(C=O)CCC[C@@]2(C)C(CCC3C4CCCC(C(=O)O)C4(C)CCC32)C1. The van der Waals surface area contributed by atoms with Crippen molar-refractivity contribution in [2.75, 3.05) is 0 Å². The van der Waals surface area contributed by atoms with Crippen LogP contribution in [0, 0.1) is 45.8 Å². The predicted octanol–water partition coefficient (Wildman–Crippen LogP) is 5.72. The number of aldehydes is 1. The van der Waals surface area contributed by atoms with Gasteiger partial charge in [-0.2, -0.15) is 0 Å². The van der Waals surface area contributed by atoms with Gasteiger partial charge in [-0.25, -0.2) is 0 Å². The molecule has 0 bridgehead atoms. The molecule has 7 unspecified atom stereocenters. The van der Waals surface area contributed by atoms with E-state index in [1.165, 1.54) is 44.8 Å². The zero-order valence-electron chi connectivity index (χ0n) is 17.5. The van der Waals surface area contributed by atoms with Gasteiger partial charge in [0.05, 0.1) is 5.92 Å². The number of rotatable bonds is 2. The number of aliphatic carboxylic acids is 1. The highest BCUT2D eigenvalue weighted by Crippen LogP contribution is 2.66. The summed E-state index contributed by atoms with van der Waals surface area (Å²) in [6.07, 6.45) is 13.8. The second kappa shape index (κ2) is 6.59. The van der Waals surface area contributed by atoms with E-state index in [-0.39, 0.29) is 16.7 Å². The Hall–Kier alpha value is -0.860. The van der Waals surface area contributed by atoms with Crippen molar-refractivity contribution < 1.29 is 14.7 Å². The minimum atomic E-state index is -0.559. The van der Waals surface area contributed by atoms with Crippen LogP contribution in [0.4, 0.5) is 0 Å². The maximum atomic E-state index is 12.0. The molecule has 0 spiro atoms. The Morgan fingerprint density at radius 2 is 1.63 bits per heavy atom. The van der Waals surface area contributed by atoms with Crippen molar-refractivity contribution in [2.24, 2.45) is 45.8 Å². The van der Waals surface area contributed by atoms with Gasteiger partial charge in [0.2, 0.25) is 0 Å². The first-order valence-electron chi connectivity index (χ1n) is 11.4. The number of carbonyl (C=O) groups excluding carboxylic acids is 1. The molecule has 0 aliphatic heterocycles. The molecule has 8 atom stereocenters. The zero-order chi connectivity index (χ0) is 19.4. The molecule has 1 N–H and O–H groups in total. The van der Waals surface area contributed by atoms with E-state index in [9.17, 15) is 14.7 Å². The van der Waals surface area contributed by atoms with E-state index in [0.29, 0.717) is 23.2 Å². The number of hydrogen-bond acceptors (Lipinski definition) is 2. The van der Waals surface area contributed by atoms with Crippen LogP contribution >= 0.6 is 0 Å². The third-order valence-electron chi connectivity index (χ3n) is 10.1. The average molecular weight is 375 g/mol. The van der Waals surface area contributed by atoms with E-state index >= 15 is 0 Å². The number of carboxylic acids is 1. The summed E-state index contributed by atoms with van der Waals surface area (Å²) in [5, 5.41) is 9.87. The van der Waals surface area contributed by atoms with Gasteiger partial charge in [-0.15, -0.1) is 0 Å². The van der Waals surface area contributed by atoms with Gasteiger partial charge in [0.1, 0.15) is 6.29 Å². The first kappa shape index (κ1) is 19.5. The molecule has 3 nitrogen and oxygen atoms in total. The van der Waals surface area contributed by atoms with Gasteiger partial charge < -0.3 is 9.90 Å². The molecule has 0 heterocycles. The van der Waals surface area contributed by atoms with Crippen molar-refractivity contribution in [3.05, 3.63) is 0 Å². The minimum Gasteiger partial charge on any atom is -0.481 e. The summed E-state index contributed by atoms with van der Waals surface area (Å²) in [5.74, 6) is 1.99. The summed E-state index contributed by atoms with van der Waals surface area (Å²) in [5.41, 5.74) is 0.218. The van der Waals surface area contributed by atoms with Crippen LogP contribution in [0.2, 0.25) is 0 Å². The molecule has 0 radical (unpaired) electrons. The smallest absolute Gasteiger partial charge is 0.307 e. The Balaban J connectivity index is 1.63. The Labute approximate surface area is 164 Å². The first-order chi connectivity index (χ1) is 12.7. The van der Waals surface area contributed by atoms with E-state index in [1.54, 1.807) is 0 Å². The number of carboxylic acid groups (broad SMARTS) is 1. The molecule has 0 aromatic rings. The number of carbonyl (C=O) groups is 2. The van der Waals surface area contributed by atoms with Crippen molar-refractivity contribution in [3.8, 4) is 0 Å². The highest BCUT2D eigenvalue weighted by atomic mass is 16.4. The lowest BCUT2D eigenvalue weighted by Gasteiger charge is -2.62. The Morgan fingerprint density at radius 1 is 0.889 bits per heavy atom. The van der Waals surface area contributed by atoms with Crippen LogP contribution in [0.3, 0.4) is 0 Å². The summed E-state index contributed by atoms with van der Waals surface area (Å²) in [7, 11) is 0. The monoisotopic (exact) mass is 374 g/mol. The van der Waals surface area contributed by atoms with E-state index < -0.39 is 5.97 Å². The van der Waals surface area contributed by atoms with Crippen LogP contribution in [0.15, 0.2) is 0 Å². The summed E-state index contributed by atoms with van der Waals surface area (Å²) < 4.78 is 0. The minimum absolute atomic E-state index is 0.00349. The fraction of sp³-hybridized carbons (Fsp3) is 0.917. The molecule has 0 aromatic heterocycles. The topological polar surface area (TPSA) is 54.4 Å². The van der Waals surface area contributed by atoms with Crippen molar-refractivity contribution >= 4 is 12.3 Å². The maximum Gasteiger partial charge on any atom is 0.307 e. The van der Waals surface area contributed by atoms with Crippen LogP contribution in [0.25, 0.3) is 0 Å². The second-order valence-corrected chi connectivity index (χ2v) is 11.4. The molecule has 152 valence electrons. The van der Waals surface area contributed by atoms with Crippen LogP contribution < -0.4 is 0 Å². The normalized spacial score (nSPS) is 52.6. The van der Waals surface area contributed by atoms with Gasteiger partial charge in [0.25, 0.3) is 0 Å². The molecule has 3 heteroatoms. The van der Waals surface area contributed by atoms with Crippen LogP contribution in [-0.4, -0.2) is 17.4 Å². The first-order valence-corrected chi connectivity index (χ1v) is 11.4. The van der Waals surface area contributed by atoms with Gasteiger partial charge in [-0.3, -0.25) is 4.79 Å². The zero-order valence-corrected chi connectivity index (χ0v) is 17.5. The molecule has 27 heavy (non-hydrogen) atoms. The highest BCUT2D eigenvalue weighted by Gasteiger charge is 2.60. The maximum absolute atomic E-state index is 12.0. The average Bonchev–Trinajstić information content (AvgIpc) is 2.76. The summed E-state index contributed by atoms with van der Waals surface area (Å²) >= 11 is 0. The molecule has 4 rings (SSSR count). The van der Waals surface area contributed by atoms with E-state index in [2.05, 4.69) is 20.8 Å². The fourth-order valence-electron chi connectivity index (χ4n) is 8.51. The lowest BCUT2D eigenvalue weighted by atomic mass is 9.42. The summed E-state index contributed by atoms with van der Waals surface area (Å²) in [6, 6.07) is 0. The van der Waals surface area contributed by atoms with E-state index in [0.717, 1.165) is 38.0 Å². The summed E-state index contributed by atoms with van der Waals surface area (Å²) in [4.78, 5) is 23.8. The molecule has 0 amide bonds. The van der Waals surface area contributed by atoms with Gasteiger partial charge in [-0.05, 0) is 92.3 Å². The molecule has 4 fully saturated rings. The van der Waals surface area contributed by atoms with Crippen molar-refractivity contribution in [1.29, 1.82) is 0 Å². The predicted molar refractivity (Wildman–Crippen MR) is 106 cm³/mol. The lowest BCUT2D eigenvalue weighted by Crippen LogP contribution is -2.56. The fourth-order valence-corrected chi connectivity index (χ4v) is 8.51. The summed E-state index contributed by atoms with van der Waals surface area (Å²) in [6.45, 7) is 7.01. The second-order valence-electron chi connectivity index (χ2n) is 11.4. The van der Waals surface area contributed by atoms with E-state index in [1.807, 2.05) is 0 Å². The third kappa shape index (κ3) is 2.90. The lowest BCUT2D eigenvalue weighted by molar-refractivity contribution is -0.166. The standard InChI is InChI=1S/C24H38O3/c1-22(15-25)11-5-12-23(2)16(14-22)8-9-17-18-6-4-7-20(21(26)27)24(18,3)13-10-19(17)23/h15-20H,4-14H2,1-3H3,(H,26,27)/t16?,17?,18?,19?,20?,22?,23-,24?/m0/s1. The van der Waals surface area contributed by atoms with Gasteiger partial charge in [0.15, 0.2) is 0 Å². The molecule has 4 saturated carbocycles. The van der Waals surface area contributed by atoms with Gasteiger partial charge in [0, 0.05) is 5.41 Å². The van der Waals surface area contributed by atoms with E-state index in [4.69, 9.17) is 0 Å². The number of fused-ring (bicyclic) bond motifs is 5. The van der Waals surface area contributed by atoms with Crippen LogP contribution in [-0.2, 0) is 9.59 Å². The van der Waals surface area contributed by atoms with Crippen LogP contribution in [0.1, 0.15) is 91.4 Å². The molecular weight excluding hydrogens is 336 g/mol. The third-order valence-corrected chi connectivity index (χ3v) is 10.1. The molecule has 4 aliphatic rings. The van der Waals surface area contributed by atoms with Crippen molar-refractivity contribution in [1.82, 2.24) is 0 Å². The molecule has 4 aliphatic carbocycles. The highest BCUT2D eigenvalue weighted by molar-refractivity contribution is 5.71. The van der Waals surface area contributed by atoms with Crippen molar-refractivity contribution in [3.63, 3.8) is 0 Å². The Morgan fingerprint density at radius 3 is 2.33 bits per heavy atom. The molecule has 0 aromatic carbocycles. The van der Waals surface area contributed by atoms with Crippen molar-refractivity contribution in [2.45, 2.75) is 91.4 Å². The molecule has 0 saturated heterocycles. The number of hydrogen-bond donors (Lipinski definition) is 1. The largest absolute Gasteiger partial charge is 0.481 e. The quantitative estimate of drug-likeness (QED) is 0.629. The van der Waals surface area contributed by atoms with Gasteiger partial charge >= 0.3 is 5.97 Å². The van der Waals surface area contributed by atoms with Crippen LogP contribution in [0.5, 0.6) is 0 Å².